The zero-order chi connectivity index (χ0) is 19.3. The first kappa shape index (κ1) is 24.3. The van der Waals surface area contributed by atoms with E-state index in [9.17, 15) is 14.3 Å². The predicted octanol–water partition coefficient (Wildman–Crippen LogP) is 2.86. The summed E-state index contributed by atoms with van der Waals surface area (Å²) >= 11 is 0. The van der Waals surface area contributed by atoms with E-state index in [2.05, 4.69) is 33.0 Å². The van der Waals surface area contributed by atoms with Gasteiger partial charge in [0.2, 0.25) is 5.91 Å². The van der Waals surface area contributed by atoms with Crippen LogP contribution in [-0.4, -0.2) is 62.7 Å². The summed E-state index contributed by atoms with van der Waals surface area (Å²) in [6.07, 6.45) is 5.00. The first-order valence-corrected chi connectivity index (χ1v) is 10.4. The van der Waals surface area contributed by atoms with E-state index in [1.807, 2.05) is 0 Å². The van der Waals surface area contributed by atoms with E-state index >= 15 is 0 Å². The van der Waals surface area contributed by atoms with Crippen LogP contribution in [0.4, 0.5) is 0 Å². The van der Waals surface area contributed by atoms with Crippen LogP contribution >= 0.6 is 7.82 Å². The lowest BCUT2D eigenvalue weighted by Gasteiger charge is -2.23. The zero-order valence-corrected chi connectivity index (χ0v) is 17.1. The highest BCUT2D eigenvalue weighted by Gasteiger charge is 2.20. The molecule has 0 aromatic heterocycles. The summed E-state index contributed by atoms with van der Waals surface area (Å²) < 4.78 is 22.5. The molecule has 0 fully saturated rings. The number of hydrogen-bond donors (Lipinski definition) is 2. The van der Waals surface area contributed by atoms with E-state index in [1.54, 1.807) is 6.92 Å². The Hall–Kier alpha value is -0.720. The Morgan fingerprint density at radius 3 is 2.08 bits per heavy atom. The van der Waals surface area contributed by atoms with Crippen molar-refractivity contribution in [1.29, 1.82) is 0 Å². The first-order valence-electron chi connectivity index (χ1n) is 8.89. The van der Waals surface area contributed by atoms with Crippen LogP contribution in [0, 0.1) is 0 Å². The average Bonchev–Trinajstić information content (AvgIpc) is 2.47. The molecule has 0 spiro atoms. The van der Waals surface area contributed by atoms with Gasteiger partial charge in [0.1, 0.15) is 0 Å². The number of nitrogens with one attached hydrogen (secondary N) is 1. The van der Waals surface area contributed by atoms with Crippen LogP contribution in [0.1, 0.15) is 45.4 Å². The van der Waals surface area contributed by atoms with Crippen molar-refractivity contribution in [3.63, 3.8) is 0 Å². The fraction of sp³-hybridized carbons (Fsp3) is 0.824. The van der Waals surface area contributed by atoms with Crippen LogP contribution in [0.2, 0.25) is 0 Å². The molecule has 0 aliphatic rings. The topological polar surface area (TPSA) is 84.9 Å². The molecule has 1 atom stereocenters. The summed E-state index contributed by atoms with van der Waals surface area (Å²) in [4.78, 5) is 20.8. The molecule has 25 heavy (non-hydrogen) atoms. The van der Waals surface area contributed by atoms with E-state index in [4.69, 9.17) is 9.05 Å². The summed E-state index contributed by atoms with van der Waals surface area (Å²) in [5.41, 5.74) is 0.504. The molecule has 7 nitrogen and oxygen atoms in total. The van der Waals surface area contributed by atoms with Crippen molar-refractivity contribution >= 4 is 13.7 Å². The molecule has 148 valence electrons. The van der Waals surface area contributed by atoms with Gasteiger partial charge in [-0.2, -0.15) is 0 Å². The molecule has 1 unspecified atom stereocenters. The summed E-state index contributed by atoms with van der Waals surface area (Å²) in [5, 5.41) is 2.76. The van der Waals surface area contributed by atoms with Gasteiger partial charge in [-0.25, -0.2) is 4.57 Å². The van der Waals surface area contributed by atoms with Gasteiger partial charge in [-0.05, 0) is 32.6 Å². The van der Waals surface area contributed by atoms with Crippen molar-refractivity contribution in [2.75, 3.05) is 47.4 Å². The molecule has 0 bridgehead atoms. The molecule has 0 saturated carbocycles. The standard InChI is InChI=1S/C17H35N2O5P/c1-16(2)17(20)18-12-8-6-7-10-14-23-25(21,22)24-15-11-9-13-19(3,4)5/h1,6-15H2,2-5H3,(H-,18,20,21,22)/p+1. The Labute approximate surface area is 152 Å². The van der Waals surface area contributed by atoms with E-state index in [-0.39, 0.29) is 19.1 Å². The lowest BCUT2D eigenvalue weighted by atomic mass is 10.2. The maximum atomic E-state index is 11.7. The molecule has 0 aliphatic carbocycles. The van der Waals surface area contributed by atoms with Crippen molar-refractivity contribution in [1.82, 2.24) is 5.32 Å². The molecular weight excluding hydrogens is 343 g/mol. The summed E-state index contributed by atoms with van der Waals surface area (Å²) in [6.45, 7) is 7.28. The zero-order valence-electron chi connectivity index (χ0n) is 16.3. The number of carbonyl (C=O) groups excluding carboxylic acids is 1. The minimum atomic E-state index is -3.93. The van der Waals surface area contributed by atoms with Crippen molar-refractivity contribution in [3.05, 3.63) is 12.2 Å². The second-order valence-electron chi connectivity index (χ2n) is 7.31. The van der Waals surface area contributed by atoms with Gasteiger partial charge in [-0.15, -0.1) is 0 Å². The quantitative estimate of drug-likeness (QED) is 0.198. The monoisotopic (exact) mass is 379 g/mol. The molecule has 1 amide bonds. The SMILES string of the molecule is C=C(C)C(=O)NCCCCCCOP(=O)(O)OCCCC[N+](C)(C)C. The summed E-state index contributed by atoms with van der Waals surface area (Å²) in [6, 6.07) is 0. The van der Waals surface area contributed by atoms with Gasteiger partial charge in [0, 0.05) is 12.1 Å². The number of rotatable bonds is 15. The van der Waals surface area contributed by atoms with Crippen molar-refractivity contribution in [2.45, 2.75) is 45.4 Å². The molecule has 0 heterocycles. The van der Waals surface area contributed by atoms with Gasteiger partial charge >= 0.3 is 7.82 Å². The van der Waals surface area contributed by atoms with Gasteiger partial charge in [-0.3, -0.25) is 13.8 Å². The van der Waals surface area contributed by atoms with Gasteiger partial charge < -0.3 is 14.7 Å². The highest BCUT2D eigenvalue weighted by atomic mass is 31.2. The average molecular weight is 379 g/mol. The lowest BCUT2D eigenvalue weighted by molar-refractivity contribution is -0.870. The van der Waals surface area contributed by atoms with Crippen LogP contribution in [0.5, 0.6) is 0 Å². The highest BCUT2D eigenvalue weighted by molar-refractivity contribution is 7.47. The molecule has 0 radical (unpaired) electrons. The Bertz CT molecular complexity index is 449. The molecule has 0 saturated heterocycles. The molecule has 0 aromatic rings. The van der Waals surface area contributed by atoms with Gasteiger partial charge in [-0.1, -0.05) is 19.4 Å². The Morgan fingerprint density at radius 1 is 1.04 bits per heavy atom. The van der Waals surface area contributed by atoms with E-state index in [0.717, 1.165) is 43.1 Å². The second-order valence-corrected chi connectivity index (χ2v) is 8.76. The van der Waals surface area contributed by atoms with Crippen molar-refractivity contribution in [2.24, 2.45) is 0 Å². The number of unbranched alkanes of at least 4 members (excludes halogenated alkanes) is 4. The number of phosphoric ester groups is 1. The van der Waals surface area contributed by atoms with Crippen LogP contribution in [0.3, 0.4) is 0 Å². The van der Waals surface area contributed by atoms with Crippen molar-refractivity contribution < 1.29 is 27.8 Å². The van der Waals surface area contributed by atoms with Crippen LogP contribution < -0.4 is 5.32 Å². The van der Waals surface area contributed by atoms with E-state index in [0.29, 0.717) is 18.5 Å². The summed E-state index contributed by atoms with van der Waals surface area (Å²) in [7, 11) is 2.39. The fourth-order valence-corrected chi connectivity index (χ4v) is 2.81. The van der Waals surface area contributed by atoms with Gasteiger partial charge in [0.05, 0.1) is 40.9 Å². The number of phosphoric acid groups is 1. The minimum Gasteiger partial charge on any atom is -0.352 e. The number of carbonyl (C=O) groups is 1. The normalized spacial score (nSPS) is 14.1. The minimum absolute atomic E-state index is 0.122. The first-order chi connectivity index (χ1) is 11.5. The third kappa shape index (κ3) is 16.5. The number of quaternary nitrogens is 1. The fourth-order valence-electron chi connectivity index (χ4n) is 2.02. The molecule has 0 aromatic carbocycles. The lowest BCUT2D eigenvalue weighted by Crippen LogP contribution is -2.35. The second kappa shape index (κ2) is 12.6. The number of amides is 1. The maximum absolute atomic E-state index is 11.7. The summed E-state index contributed by atoms with van der Waals surface area (Å²) in [5.74, 6) is -0.122. The third-order valence-corrected chi connectivity index (χ3v) is 4.49. The van der Waals surface area contributed by atoms with Crippen LogP contribution in [0.25, 0.3) is 0 Å². The molecule has 8 heteroatoms. The predicted molar refractivity (Wildman–Crippen MR) is 100 cm³/mol. The van der Waals surface area contributed by atoms with Crippen LogP contribution in [0.15, 0.2) is 12.2 Å². The number of nitrogens with zero attached hydrogens (tertiary/aromatic N) is 1. The molecule has 0 aliphatic heterocycles. The van der Waals surface area contributed by atoms with E-state index in [1.165, 1.54) is 0 Å². The van der Waals surface area contributed by atoms with Gasteiger partial charge in [0.25, 0.3) is 0 Å². The highest BCUT2D eigenvalue weighted by Crippen LogP contribution is 2.43. The Morgan fingerprint density at radius 2 is 1.56 bits per heavy atom. The van der Waals surface area contributed by atoms with Gasteiger partial charge in [0.15, 0.2) is 0 Å². The molecule has 2 N–H and O–H groups in total. The largest absolute Gasteiger partial charge is 0.472 e. The smallest absolute Gasteiger partial charge is 0.352 e. The van der Waals surface area contributed by atoms with Crippen LogP contribution in [-0.2, 0) is 18.4 Å². The third-order valence-electron chi connectivity index (χ3n) is 3.48. The Kier molecular flexibility index (Phi) is 12.2. The maximum Gasteiger partial charge on any atom is 0.472 e. The van der Waals surface area contributed by atoms with E-state index < -0.39 is 7.82 Å². The Balaban J connectivity index is 3.55. The molecular formula is C17H36N2O5P+. The molecule has 0 rings (SSSR count). The van der Waals surface area contributed by atoms with Crippen molar-refractivity contribution in [3.8, 4) is 0 Å². The number of hydrogen-bond acceptors (Lipinski definition) is 4.